The average molecular weight is 296 g/mol. The number of hydrogen-bond donors (Lipinski definition) is 1. The van der Waals surface area contributed by atoms with Crippen LogP contribution in [0.25, 0.3) is 6.08 Å². The summed E-state index contributed by atoms with van der Waals surface area (Å²) in [4.78, 5) is 11.6. The van der Waals surface area contributed by atoms with E-state index in [1.807, 2.05) is 19.9 Å². The van der Waals surface area contributed by atoms with Crippen LogP contribution in [-0.2, 0) is 4.79 Å². The summed E-state index contributed by atoms with van der Waals surface area (Å²) in [6.45, 7) is 5.76. The van der Waals surface area contributed by atoms with Crippen LogP contribution in [0.3, 0.4) is 0 Å². The maximum absolute atomic E-state index is 11.6. The van der Waals surface area contributed by atoms with Crippen molar-refractivity contribution in [1.29, 1.82) is 0 Å². The molecule has 0 unspecified atom stereocenters. The van der Waals surface area contributed by atoms with Crippen molar-refractivity contribution in [2.45, 2.75) is 13.8 Å². The first-order chi connectivity index (χ1) is 9.56. The smallest absolute Gasteiger partial charge is 0.244 e. The van der Waals surface area contributed by atoms with E-state index in [9.17, 15) is 4.79 Å². The molecule has 0 saturated carbocycles. The van der Waals surface area contributed by atoms with Gasteiger partial charge in [0, 0.05) is 12.6 Å². The van der Waals surface area contributed by atoms with E-state index in [0.29, 0.717) is 42.2 Å². The van der Waals surface area contributed by atoms with E-state index < -0.39 is 0 Å². The third-order valence-electron chi connectivity index (χ3n) is 2.73. The molecule has 0 bridgehead atoms. The standard InChI is InChI=1S/C15H18ClNO3/c1-10(2)9-17-14(18)4-3-11-7-12(16)15-13(8-11)19-5-6-20-15/h3-4,7-8,10H,5-6,9H2,1-2H3,(H,17,18)/b4-3+. The molecule has 0 radical (unpaired) electrons. The van der Waals surface area contributed by atoms with E-state index in [-0.39, 0.29) is 5.91 Å². The summed E-state index contributed by atoms with van der Waals surface area (Å²) in [6, 6.07) is 3.56. The van der Waals surface area contributed by atoms with Crippen LogP contribution < -0.4 is 14.8 Å². The molecule has 0 saturated heterocycles. The van der Waals surface area contributed by atoms with Gasteiger partial charge in [-0.05, 0) is 29.7 Å². The number of fused-ring (bicyclic) bond motifs is 1. The molecular formula is C15H18ClNO3. The molecule has 0 aliphatic carbocycles. The first-order valence-corrected chi connectivity index (χ1v) is 6.99. The number of amides is 1. The van der Waals surface area contributed by atoms with Gasteiger partial charge >= 0.3 is 0 Å². The van der Waals surface area contributed by atoms with E-state index >= 15 is 0 Å². The fourth-order valence-corrected chi connectivity index (χ4v) is 2.04. The summed E-state index contributed by atoms with van der Waals surface area (Å²) >= 11 is 6.13. The van der Waals surface area contributed by atoms with Crippen LogP contribution in [0, 0.1) is 5.92 Å². The molecule has 0 aromatic heterocycles. The average Bonchev–Trinajstić information content (AvgIpc) is 2.43. The first kappa shape index (κ1) is 14.7. The molecule has 1 heterocycles. The Hall–Kier alpha value is -1.68. The predicted molar refractivity (Wildman–Crippen MR) is 79.3 cm³/mol. The number of ether oxygens (including phenoxy) is 2. The van der Waals surface area contributed by atoms with Crippen LogP contribution in [-0.4, -0.2) is 25.7 Å². The van der Waals surface area contributed by atoms with E-state index in [0.717, 1.165) is 5.56 Å². The monoisotopic (exact) mass is 295 g/mol. The molecule has 1 aromatic rings. The zero-order chi connectivity index (χ0) is 14.5. The van der Waals surface area contributed by atoms with Crippen molar-refractivity contribution in [3.63, 3.8) is 0 Å². The van der Waals surface area contributed by atoms with Gasteiger partial charge in [0.1, 0.15) is 13.2 Å². The minimum Gasteiger partial charge on any atom is -0.486 e. The highest BCUT2D eigenvalue weighted by molar-refractivity contribution is 6.32. The van der Waals surface area contributed by atoms with Crippen molar-refractivity contribution < 1.29 is 14.3 Å². The second-order valence-electron chi connectivity index (χ2n) is 5.00. The quantitative estimate of drug-likeness (QED) is 0.869. The lowest BCUT2D eigenvalue weighted by molar-refractivity contribution is -0.116. The third-order valence-corrected chi connectivity index (χ3v) is 3.01. The summed E-state index contributed by atoms with van der Waals surface area (Å²) in [6.07, 6.45) is 3.20. The number of rotatable bonds is 4. The van der Waals surface area contributed by atoms with Gasteiger partial charge in [-0.2, -0.15) is 0 Å². The predicted octanol–water partition coefficient (Wildman–Crippen LogP) is 2.90. The second kappa shape index (κ2) is 6.66. The van der Waals surface area contributed by atoms with Crippen LogP contribution in [0.5, 0.6) is 11.5 Å². The normalized spacial score (nSPS) is 13.8. The number of nitrogens with one attached hydrogen (secondary N) is 1. The molecule has 2 rings (SSSR count). The third kappa shape index (κ3) is 3.90. The highest BCUT2D eigenvalue weighted by atomic mass is 35.5. The fraction of sp³-hybridized carbons (Fsp3) is 0.400. The summed E-state index contributed by atoms with van der Waals surface area (Å²) in [5.74, 6) is 1.49. The Kier molecular flexibility index (Phi) is 4.90. The lowest BCUT2D eigenvalue weighted by Crippen LogP contribution is -2.25. The van der Waals surface area contributed by atoms with Crippen molar-refractivity contribution in [3.8, 4) is 11.5 Å². The Morgan fingerprint density at radius 1 is 1.40 bits per heavy atom. The number of carbonyl (C=O) groups is 1. The molecule has 0 atom stereocenters. The van der Waals surface area contributed by atoms with Gasteiger partial charge in [0.2, 0.25) is 5.91 Å². The molecular weight excluding hydrogens is 278 g/mol. The van der Waals surface area contributed by atoms with E-state index in [1.165, 1.54) is 6.08 Å². The van der Waals surface area contributed by atoms with Gasteiger partial charge in [-0.25, -0.2) is 0 Å². The molecule has 0 spiro atoms. The summed E-state index contributed by atoms with van der Waals surface area (Å²) in [5.41, 5.74) is 0.805. The lowest BCUT2D eigenvalue weighted by Gasteiger charge is -2.19. The highest BCUT2D eigenvalue weighted by Crippen LogP contribution is 2.38. The summed E-state index contributed by atoms with van der Waals surface area (Å²) < 4.78 is 10.9. The summed E-state index contributed by atoms with van der Waals surface area (Å²) in [5, 5.41) is 3.30. The molecule has 1 aromatic carbocycles. The lowest BCUT2D eigenvalue weighted by atomic mass is 10.1. The van der Waals surface area contributed by atoms with Crippen LogP contribution in [0.1, 0.15) is 19.4 Å². The minimum atomic E-state index is -0.121. The van der Waals surface area contributed by atoms with Gasteiger partial charge in [0.05, 0.1) is 5.02 Å². The molecule has 108 valence electrons. The number of carbonyl (C=O) groups excluding carboxylic acids is 1. The molecule has 5 heteroatoms. The van der Waals surface area contributed by atoms with Gasteiger partial charge in [-0.15, -0.1) is 0 Å². The topological polar surface area (TPSA) is 47.6 Å². The van der Waals surface area contributed by atoms with Gasteiger partial charge < -0.3 is 14.8 Å². The van der Waals surface area contributed by atoms with Gasteiger partial charge in [-0.1, -0.05) is 25.4 Å². The molecule has 4 nitrogen and oxygen atoms in total. The Bertz CT molecular complexity index is 526. The Morgan fingerprint density at radius 2 is 2.15 bits per heavy atom. The number of hydrogen-bond acceptors (Lipinski definition) is 3. The van der Waals surface area contributed by atoms with Gasteiger partial charge in [-0.3, -0.25) is 4.79 Å². The maximum atomic E-state index is 11.6. The number of benzene rings is 1. The molecule has 0 fully saturated rings. The molecule has 1 amide bonds. The highest BCUT2D eigenvalue weighted by Gasteiger charge is 2.15. The van der Waals surface area contributed by atoms with Crippen molar-refractivity contribution in [2.24, 2.45) is 5.92 Å². The molecule has 1 N–H and O–H groups in total. The van der Waals surface area contributed by atoms with Gasteiger partial charge in [0.25, 0.3) is 0 Å². The van der Waals surface area contributed by atoms with Crippen LogP contribution in [0.4, 0.5) is 0 Å². The minimum absolute atomic E-state index is 0.121. The van der Waals surface area contributed by atoms with Crippen LogP contribution >= 0.6 is 11.6 Å². The van der Waals surface area contributed by atoms with E-state index in [2.05, 4.69) is 5.32 Å². The largest absolute Gasteiger partial charge is 0.486 e. The zero-order valence-electron chi connectivity index (χ0n) is 11.6. The molecule has 1 aliphatic rings. The Labute approximate surface area is 123 Å². The summed E-state index contributed by atoms with van der Waals surface area (Å²) in [7, 11) is 0. The maximum Gasteiger partial charge on any atom is 0.244 e. The Balaban J connectivity index is 2.06. The SMILES string of the molecule is CC(C)CNC(=O)/C=C/c1cc(Cl)c2c(c1)OCCO2. The second-order valence-corrected chi connectivity index (χ2v) is 5.41. The Morgan fingerprint density at radius 3 is 2.90 bits per heavy atom. The van der Waals surface area contributed by atoms with Gasteiger partial charge in [0.15, 0.2) is 11.5 Å². The van der Waals surface area contributed by atoms with Crippen LogP contribution in [0.2, 0.25) is 5.02 Å². The zero-order valence-corrected chi connectivity index (χ0v) is 12.4. The van der Waals surface area contributed by atoms with Crippen molar-refractivity contribution in [1.82, 2.24) is 5.32 Å². The van der Waals surface area contributed by atoms with Crippen molar-refractivity contribution in [2.75, 3.05) is 19.8 Å². The van der Waals surface area contributed by atoms with Crippen LogP contribution in [0.15, 0.2) is 18.2 Å². The van der Waals surface area contributed by atoms with E-state index in [4.69, 9.17) is 21.1 Å². The van der Waals surface area contributed by atoms with E-state index in [1.54, 1.807) is 12.1 Å². The number of halogens is 1. The first-order valence-electron chi connectivity index (χ1n) is 6.61. The molecule has 20 heavy (non-hydrogen) atoms. The van der Waals surface area contributed by atoms with Crippen molar-refractivity contribution >= 4 is 23.6 Å². The molecule has 1 aliphatic heterocycles. The van der Waals surface area contributed by atoms with Crippen molar-refractivity contribution in [3.05, 3.63) is 28.8 Å². The fourth-order valence-electron chi connectivity index (χ4n) is 1.76.